The number of hydrogen-bond acceptors (Lipinski definition) is 3. The summed E-state index contributed by atoms with van der Waals surface area (Å²) in [7, 11) is 2.05. The molecule has 1 N–H and O–H groups in total. The van der Waals surface area contributed by atoms with Crippen molar-refractivity contribution in [2.45, 2.75) is 6.42 Å². The average molecular weight is 250 g/mol. The van der Waals surface area contributed by atoms with E-state index in [9.17, 15) is 0 Å². The Hall–Kier alpha value is -2.36. The van der Waals surface area contributed by atoms with E-state index in [0.29, 0.717) is 0 Å². The molecule has 0 aliphatic carbocycles. The number of nitrogens with zero attached hydrogens (tertiary/aromatic N) is 3. The third kappa shape index (κ3) is 1.53. The quantitative estimate of drug-likeness (QED) is 0.722. The summed E-state index contributed by atoms with van der Waals surface area (Å²) in [6, 6.07) is 10.3. The Morgan fingerprint density at radius 3 is 3.05 bits per heavy atom. The standard InChI is InChI=1S/C15H14N4/c1-19-14-8-10-5-7-17-12(10)9-13(14)18-15(19)11-4-2-3-6-16-11/h2-4,6,8-9,17H,5,7H2,1H3. The predicted octanol–water partition coefficient (Wildman–Crippen LogP) is 2.60. The van der Waals surface area contributed by atoms with Gasteiger partial charge in [-0.15, -0.1) is 0 Å². The van der Waals surface area contributed by atoms with E-state index in [-0.39, 0.29) is 0 Å². The van der Waals surface area contributed by atoms with Gasteiger partial charge in [-0.1, -0.05) is 6.07 Å². The van der Waals surface area contributed by atoms with Crippen LogP contribution in [0.2, 0.25) is 0 Å². The van der Waals surface area contributed by atoms with Crippen molar-refractivity contribution in [3.63, 3.8) is 0 Å². The van der Waals surface area contributed by atoms with Gasteiger partial charge in [0, 0.05) is 25.5 Å². The molecule has 3 heterocycles. The molecule has 94 valence electrons. The van der Waals surface area contributed by atoms with E-state index < -0.39 is 0 Å². The number of fused-ring (bicyclic) bond motifs is 2. The van der Waals surface area contributed by atoms with Gasteiger partial charge in [0.15, 0.2) is 5.82 Å². The maximum atomic E-state index is 4.72. The van der Waals surface area contributed by atoms with E-state index in [1.54, 1.807) is 6.20 Å². The first kappa shape index (κ1) is 10.6. The Kier molecular flexibility index (Phi) is 2.12. The second-order valence-corrected chi connectivity index (χ2v) is 4.88. The fraction of sp³-hybridized carbons (Fsp3) is 0.200. The predicted molar refractivity (Wildman–Crippen MR) is 76.1 cm³/mol. The second-order valence-electron chi connectivity index (χ2n) is 4.88. The molecule has 3 aromatic rings. The number of pyridine rings is 1. The summed E-state index contributed by atoms with van der Waals surface area (Å²) < 4.78 is 2.12. The van der Waals surface area contributed by atoms with Crippen LogP contribution in [-0.4, -0.2) is 21.1 Å². The highest BCUT2D eigenvalue weighted by atomic mass is 15.1. The van der Waals surface area contributed by atoms with Crippen LogP contribution in [0, 0.1) is 0 Å². The molecule has 0 radical (unpaired) electrons. The number of aromatic nitrogens is 3. The highest BCUT2D eigenvalue weighted by Gasteiger charge is 2.16. The van der Waals surface area contributed by atoms with Crippen LogP contribution in [-0.2, 0) is 13.5 Å². The van der Waals surface area contributed by atoms with Crippen molar-refractivity contribution in [1.82, 2.24) is 14.5 Å². The number of hydrogen-bond donors (Lipinski definition) is 1. The van der Waals surface area contributed by atoms with Gasteiger partial charge in [-0.2, -0.15) is 0 Å². The molecule has 19 heavy (non-hydrogen) atoms. The van der Waals surface area contributed by atoms with Crippen molar-refractivity contribution in [1.29, 1.82) is 0 Å². The van der Waals surface area contributed by atoms with E-state index in [1.807, 2.05) is 25.2 Å². The van der Waals surface area contributed by atoms with E-state index in [2.05, 4.69) is 27.0 Å². The van der Waals surface area contributed by atoms with Crippen LogP contribution in [0.5, 0.6) is 0 Å². The van der Waals surface area contributed by atoms with E-state index in [0.717, 1.165) is 30.0 Å². The molecule has 0 spiro atoms. The van der Waals surface area contributed by atoms with Crippen LogP contribution >= 0.6 is 0 Å². The number of benzene rings is 1. The summed E-state index contributed by atoms with van der Waals surface area (Å²) in [6.07, 6.45) is 2.89. The lowest BCUT2D eigenvalue weighted by Crippen LogP contribution is -1.94. The van der Waals surface area contributed by atoms with Crippen LogP contribution in [0.15, 0.2) is 36.5 Å². The van der Waals surface area contributed by atoms with Crippen molar-refractivity contribution >= 4 is 16.7 Å². The molecule has 0 bridgehead atoms. The number of aryl methyl sites for hydroxylation is 1. The molecule has 4 rings (SSSR count). The lowest BCUT2D eigenvalue weighted by atomic mass is 10.1. The summed E-state index contributed by atoms with van der Waals surface area (Å²) in [4.78, 5) is 9.11. The molecular formula is C15H14N4. The second kappa shape index (κ2) is 3.82. The van der Waals surface area contributed by atoms with Crippen LogP contribution in [0.3, 0.4) is 0 Å². The third-order valence-electron chi connectivity index (χ3n) is 3.71. The molecule has 1 aromatic carbocycles. The number of nitrogens with one attached hydrogen (secondary N) is 1. The van der Waals surface area contributed by atoms with Crippen molar-refractivity contribution in [3.05, 3.63) is 42.1 Å². The van der Waals surface area contributed by atoms with Gasteiger partial charge >= 0.3 is 0 Å². The Bertz CT molecular complexity index is 759. The lowest BCUT2D eigenvalue weighted by Gasteiger charge is -2.02. The molecule has 0 saturated carbocycles. The minimum atomic E-state index is 0.911. The van der Waals surface area contributed by atoms with Gasteiger partial charge in [0.25, 0.3) is 0 Å². The summed E-state index contributed by atoms with van der Waals surface area (Å²) >= 11 is 0. The monoisotopic (exact) mass is 250 g/mol. The Balaban J connectivity index is 1.97. The number of rotatable bonds is 1. The van der Waals surface area contributed by atoms with Gasteiger partial charge in [0.05, 0.1) is 11.0 Å². The molecule has 2 aromatic heterocycles. The molecular weight excluding hydrogens is 236 g/mol. The van der Waals surface area contributed by atoms with Gasteiger partial charge in [-0.3, -0.25) is 4.98 Å². The minimum Gasteiger partial charge on any atom is -0.384 e. The zero-order valence-electron chi connectivity index (χ0n) is 10.7. The van der Waals surface area contributed by atoms with Gasteiger partial charge in [0.2, 0.25) is 0 Å². The van der Waals surface area contributed by atoms with E-state index in [4.69, 9.17) is 4.98 Å². The molecule has 1 aliphatic rings. The summed E-state index contributed by atoms with van der Waals surface area (Å²) in [5.41, 5.74) is 5.70. The van der Waals surface area contributed by atoms with Crippen molar-refractivity contribution in [2.75, 3.05) is 11.9 Å². The number of anilines is 1. The third-order valence-corrected chi connectivity index (χ3v) is 3.71. The molecule has 4 nitrogen and oxygen atoms in total. The van der Waals surface area contributed by atoms with Crippen molar-refractivity contribution in [2.24, 2.45) is 7.05 Å². The topological polar surface area (TPSA) is 42.7 Å². The molecule has 0 fully saturated rings. The molecule has 4 heteroatoms. The maximum Gasteiger partial charge on any atom is 0.159 e. The SMILES string of the molecule is Cn1c(-c2ccccn2)nc2cc3c(cc21)CCN3. The lowest BCUT2D eigenvalue weighted by molar-refractivity contribution is 0.949. The Morgan fingerprint density at radius 2 is 2.21 bits per heavy atom. The number of imidazole rings is 1. The zero-order chi connectivity index (χ0) is 12.8. The van der Waals surface area contributed by atoms with Crippen molar-refractivity contribution in [3.8, 4) is 11.5 Å². The highest BCUT2D eigenvalue weighted by Crippen LogP contribution is 2.30. The first-order valence-electron chi connectivity index (χ1n) is 6.47. The van der Waals surface area contributed by atoms with Crippen LogP contribution < -0.4 is 5.32 Å². The Labute approximate surface area is 111 Å². The normalized spacial score (nSPS) is 13.5. The fourth-order valence-electron chi connectivity index (χ4n) is 2.71. The molecule has 0 amide bonds. The molecule has 0 unspecified atom stereocenters. The first-order valence-corrected chi connectivity index (χ1v) is 6.47. The average Bonchev–Trinajstić information content (AvgIpc) is 3.02. The molecule has 1 aliphatic heterocycles. The largest absolute Gasteiger partial charge is 0.384 e. The summed E-state index contributed by atoms with van der Waals surface area (Å²) in [5, 5.41) is 3.40. The van der Waals surface area contributed by atoms with E-state index in [1.165, 1.54) is 16.8 Å². The van der Waals surface area contributed by atoms with Gasteiger partial charge in [-0.05, 0) is 36.2 Å². The zero-order valence-corrected chi connectivity index (χ0v) is 10.7. The smallest absolute Gasteiger partial charge is 0.159 e. The van der Waals surface area contributed by atoms with Crippen LogP contribution in [0.1, 0.15) is 5.56 Å². The molecule has 0 saturated heterocycles. The highest BCUT2D eigenvalue weighted by molar-refractivity contribution is 5.85. The molecule has 0 atom stereocenters. The van der Waals surface area contributed by atoms with Crippen molar-refractivity contribution < 1.29 is 0 Å². The first-order chi connectivity index (χ1) is 9.33. The fourth-order valence-corrected chi connectivity index (χ4v) is 2.71. The summed E-state index contributed by atoms with van der Waals surface area (Å²) in [5.74, 6) is 0.916. The maximum absolute atomic E-state index is 4.72. The van der Waals surface area contributed by atoms with Crippen LogP contribution in [0.25, 0.3) is 22.6 Å². The summed E-state index contributed by atoms with van der Waals surface area (Å²) in [6.45, 7) is 1.03. The Morgan fingerprint density at radius 1 is 1.26 bits per heavy atom. The van der Waals surface area contributed by atoms with E-state index >= 15 is 0 Å². The van der Waals surface area contributed by atoms with Crippen LogP contribution in [0.4, 0.5) is 5.69 Å². The van der Waals surface area contributed by atoms with Gasteiger partial charge in [0.1, 0.15) is 5.69 Å². The van der Waals surface area contributed by atoms with Gasteiger partial charge in [-0.25, -0.2) is 4.98 Å². The van der Waals surface area contributed by atoms with Gasteiger partial charge < -0.3 is 9.88 Å². The minimum absolute atomic E-state index is 0.911.